The Bertz CT molecular complexity index is 783. The molecular weight excluding hydrogens is 326 g/mol. The van der Waals surface area contributed by atoms with Crippen molar-refractivity contribution in [2.24, 2.45) is 0 Å². The van der Waals surface area contributed by atoms with Crippen LogP contribution in [0.5, 0.6) is 0 Å². The van der Waals surface area contributed by atoms with E-state index in [1.165, 1.54) is 0 Å². The molecule has 1 amide bonds. The minimum atomic E-state index is -0.366. The highest BCUT2D eigenvalue weighted by Crippen LogP contribution is 2.25. The fourth-order valence-electron chi connectivity index (χ4n) is 2.78. The zero-order valence-electron chi connectivity index (χ0n) is 14.0. The van der Waals surface area contributed by atoms with Gasteiger partial charge in [0, 0.05) is 12.5 Å². The first-order chi connectivity index (χ1) is 11.5. The molecule has 3 heterocycles. The van der Waals surface area contributed by atoms with Crippen LogP contribution in [-0.4, -0.2) is 40.5 Å². The van der Waals surface area contributed by atoms with Crippen LogP contribution in [0.2, 0.25) is 0 Å². The lowest BCUT2D eigenvalue weighted by Crippen LogP contribution is -2.44. The van der Waals surface area contributed by atoms with E-state index in [9.17, 15) is 9.59 Å². The summed E-state index contributed by atoms with van der Waals surface area (Å²) in [5, 5.41) is 4.01. The number of morpholine rings is 1. The Morgan fingerprint density at radius 1 is 1.50 bits per heavy atom. The molecule has 2 aromatic rings. The van der Waals surface area contributed by atoms with Crippen molar-refractivity contribution in [1.82, 2.24) is 14.9 Å². The maximum absolute atomic E-state index is 12.9. The van der Waals surface area contributed by atoms with Crippen molar-refractivity contribution in [3.05, 3.63) is 49.8 Å². The first-order valence-electron chi connectivity index (χ1n) is 8.01. The summed E-state index contributed by atoms with van der Waals surface area (Å²) in [7, 11) is 0. The molecule has 0 saturated carbocycles. The Kier molecular flexibility index (Phi) is 4.82. The molecule has 0 aromatic carbocycles. The van der Waals surface area contributed by atoms with Gasteiger partial charge < -0.3 is 14.6 Å². The molecule has 24 heavy (non-hydrogen) atoms. The van der Waals surface area contributed by atoms with Gasteiger partial charge in [0.05, 0.1) is 18.8 Å². The summed E-state index contributed by atoms with van der Waals surface area (Å²) in [4.78, 5) is 34.0. The second-order valence-electron chi connectivity index (χ2n) is 6.23. The van der Waals surface area contributed by atoms with E-state index in [1.807, 2.05) is 30.7 Å². The smallest absolute Gasteiger partial charge is 0.264 e. The standard InChI is InChI=1S/C17H21N3O3S/c1-10(2)15-18-11(3)14(16(21)19-15)17(22)20-5-6-23-13(8-20)12-4-7-24-9-12/h4,7,9-10,13H,5-6,8H2,1-3H3,(H,18,19,21)/t13-/m1/s1. The van der Waals surface area contributed by atoms with Gasteiger partial charge in [-0.25, -0.2) is 4.98 Å². The van der Waals surface area contributed by atoms with Gasteiger partial charge >= 0.3 is 0 Å². The highest BCUT2D eigenvalue weighted by atomic mass is 32.1. The van der Waals surface area contributed by atoms with Gasteiger partial charge in [-0.2, -0.15) is 11.3 Å². The highest BCUT2D eigenvalue weighted by Gasteiger charge is 2.29. The molecule has 1 N–H and O–H groups in total. The van der Waals surface area contributed by atoms with Crippen molar-refractivity contribution in [2.45, 2.75) is 32.8 Å². The van der Waals surface area contributed by atoms with Gasteiger partial charge in [-0.15, -0.1) is 0 Å². The molecule has 128 valence electrons. The van der Waals surface area contributed by atoms with E-state index < -0.39 is 0 Å². The molecule has 1 aliphatic heterocycles. The molecule has 1 saturated heterocycles. The Morgan fingerprint density at radius 2 is 2.29 bits per heavy atom. The van der Waals surface area contributed by atoms with Gasteiger partial charge in [0.15, 0.2) is 0 Å². The summed E-state index contributed by atoms with van der Waals surface area (Å²) in [6.07, 6.45) is -0.142. The number of H-pyrrole nitrogens is 1. The lowest BCUT2D eigenvalue weighted by molar-refractivity contribution is -0.0227. The lowest BCUT2D eigenvalue weighted by atomic mass is 10.1. The minimum absolute atomic E-state index is 0.104. The third kappa shape index (κ3) is 3.27. The average Bonchev–Trinajstić information content (AvgIpc) is 3.08. The van der Waals surface area contributed by atoms with E-state index in [0.717, 1.165) is 5.56 Å². The number of aromatic amines is 1. The van der Waals surface area contributed by atoms with Crippen molar-refractivity contribution in [2.75, 3.05) is 19.7 Å². The number of ether oxygens (including phenoxy) is 1. The zero-order chi connectivity index (χ0) is 17.3. The lowest BCUT2D eigenvalue weighted by Gasteiger charge is -2.32. The number of carbonyl (C=O) groups excluding carboxylic acids is 1. The van der Waals surface area contributed by atoms with Gasteiger partial charge in [0.2, 0.25) is 0 Å². The topological polar surface area (TPSA) is 75.3 Å². The van der Waals surface area contributed by atoms with E-state index in [4.69, 9.17) is 4.74 Å². The number of hydrogen-bond acceptors (Lipinski definition) is 5. The number of rotatable bonds is 3. The van der Waals surface area contributed by atoms with Crippen LogP contribution in [0, 0.1) is 6.92 Å². The van der Waals surface area contributed by atoms with Gasteiger partial charge in [-0.05, 0) is 29.3 Å². The summed E-state index contributed by atoms with van der Waals surface area (Å²) >= 11 is 1.60. The number of thiophene rings is 1. The van der Waals surface area contributed by atoms with Crippen LogP contribution in [0.3, 0.4) is 0 Å². The zero-order valence-corrected chi connectivity index (χ0v) is 14.9. The summed E-state index contributed by atoms with van der Waals surface area (Å²) in [6, 6.07) is 2.00. The van der Waals surface area contributed by atoms with Crippen LogP contribution < -0.4 is 5.56 Å². The van der Waals surface area contributed by atoms with Crippen molar-refractivity contribution in [1.29, 1.82) is 0 Å². The van der Waals surface area contributed by atoms with E-state index >= 15 is 0 Å². The molecule has 1 atom stereocenters. The van der Waals surface area contributed by atoms with Crippen molar-refractivity contribution in [3.63, 3.8) is 0 Å². The Labute approximate surface area is 144 Å². The average molecular weight is 347 g/mol. The molecular formula is C17H21N3O3S. The molecule has 0 radical (unpaired) electrons. The predicted octanol–water partition coefficient (Wildman–Crippen LogP) is 2.48. The first-order valence-corrected chi connectivity index (χ1v) is 8.95. The number of nitrogens with zero attached hydrogens (tertiary/aromatic N) is 2. The van der Waals surface area contributed by atoms with Gasteiger partial charge in [-0.3, -0.25) is 9.59 Å². The molecule has 3 rings (SSSR count). The fourth-order valence-corrected chi connectivity index (χ4v) is 3.49. The molecule has 1 aliphatic rings. The second kappa shape index (κ2) is 6.86. The van der Waals surface area contributed by atoms with E-state index in [-0.39, 0.29) is 29.1 Å². The molecule has 0 bridgehead atoms. The fraction of sp³-hybridized carbons (Fsp3) is 0.471. The van der Waals surface area contributed by atoms with Crippen molar-refractivity contribution < 1.29 is 9.53 Å². The number of nitrogens with one attached hydrogen (secondary N) is 1. The van der Waals surface area contributed by atoms with Crippen molar-refractivity contribution in [3.8, 4) is 0 Å². The summed E-state index contributed by atoms with van der Waals surface area (Å²) < 4.78 is 5.76. The summed E-state index contributed by atoms with van der Waals surface area (Å²) in [5.41, 5.74) is 1.31. The van der Waals surface area contributed by atoms with Crippen LogP contribution in [0.15, 0.2) is 21.6 Å². The third-order valence-corrected chi connectivity index (χ3v) is 4.85. The van der Waals surface area contributed by atoms with Crippen molar-refractivity contribution >= 4 is 17.2 Å². The van der Waals surface area contributed by atoms with E-state index in [2.05, 4.69) is 9.97 Å². The third-order valence-electron chi connectivity index (χ3n) is 4.15. The van der Waals surface area contributed by atoms with Crippen LogP contribution in [-0.2, 0) is 4.74 Å². The van der Waals surface area contributed by atoms with Gasteiger partial charge in [0.1, 0.15) is 17.5 Å². The quantitative estimate of drug-likeness (QED) is 0.925. The maximum Gasteiger partial charge on any atom is 0.264 e. The van der Waals surface area contributed by atoms with Crippen LogP contribution in [0.1, 0.15) is 53.3 Å². The first kappa shape index (κ1) is 16.9. The number of amides is 1. The van der Waals surface area contributed by atoms with E-state index in [1.54, 1.807) is 23.2 Å². The SMILES string of the molecule is Cc1nc(C(C)C)[nH]c(=O)c1C(=O)N1CCO[C@@H](c2ccsc2)C1. The molecule has 0 aliphatic carbocycles. The Hall–Kier alpha value is -1.99. The Balaban J connectivity index is 1.85. The highest BCUT2D eigenvalue weighted by molar-refractivity contribution is 7.07. The maximum atomic E-state index is 12.9. The minimum Gasteiger partial charge on any atom is -0.370 e. The molecule has 2 aromatic heterocycles. The number of carbonyl (C=O) groups is 1. The molecule has 7 heteroatoms. The number of hydrogen-bond donors (Lipinski definition) is 1. The summed E-state index contributed by atoms with van der Waals surface area (Å²) in [6.45, 7) is 7.00. The monoisotopic (exact) mass is 347 g/mol. The van der Waals surface area contributed by atoms with Crippen LogP contribution in [0.4, 0.5) is 0 Å². The molecule has 0 spiro atoms. The number of aromatic nitrogens is 2. The molecule has 1 fully saturated rings. The second-order valence-corrected chi connectivity index (χ2v) is 7.01. The van der Waals surface area contributed by atoms with Gasteiger partial charge in [0.25, 0.3) is 11.5 Å². The van der Waals surface area contributed by atoms with E-state index in [0.29, 0.717) is 31.2 Å². The van der Waals surface area contributed by atoms with Crippen LogP contribution >= 0.6 is 11.3 Å². The Morgan fingerprint density at radius 3 is 2.92 bits per heavy atom. The molecule has 6 nitrogen and oxygen atoms in total. The molecule has 0 unspecified atom stereocenters. The van der Waals surface area contributed by atoms with Crippen LogP contribution in [0.25, 0.3) is 0 Å². The van der Waals surface area contributed by atoms with Gasteiger partial charge in [-0.1, -0.05) is 13.8 Å². The largest absolute Gasteiger partial charge is 0.370 e. The normalized spacial score (nSPS) is 18.2. The summed E-state index contributed by atoms with van der Waals surface area (Å²) in [5.74, 6) is 0.430. The number of aryl methyl sites for hydroxylation is 1. The predicted molar refractivity (Wildman–Crippen MR) is 92.6 cm³/mol.